The van der Waals surface area contributed by atoms with Gasteiger partial charge < -0.3 is 29.4 Å². The van der Waals surface area contributed by atoms with Gasteiger partial charge in [0.1, 0.15) is 11.6 Å². The fourth-order valence-electron chi connectivity index (χ4n) is 8.25. The van der Waals surface area contributed by atoms with Gasteiger partial charge in [0.15, 0.2) is 0 Å². The zero-order valence-corrected chi connectivity index (χ0v) is 28.3. The van der Waals surface area contributed by atoms with Gasteiger partial charge in [0.25, 0.3) is 5.91 Å². The number of carbonyl (C=O) groups is 3. The van der Waals surface area contributed by atoms with E-state index in [9.17, 15) is 19.5 Å². The monoisotopic (exact) mass is 642 g/mol. The van der Waals surface area contributed by atoms with E-state index in [4.69, 9.17) is 4.74 Å². The largest absolute Gasteiger partial charge is 0.394 e. The van der Waals surface area contributed by atoms with Crippen molar-refractivity contribution < 1.29 is 24.2 Å². The Hall–Kier alpha value is -3.95. The number of benzene rings is 2. The van der Waals surface area contributed by atoms with E-state index >= 15 is 0 Å². The SMILES string of the molecule is C=CCN(Cc1ccccc1)C(=O)[C@@H]1[C@H]2C(=O)N([C@@H](CC)CO)C(C(=O)N(CC=C)c3ccc(N(CC)CC)cc3)C23CC[C@@]1(C)O3. The third-order valence-electron chi connectivity index (χ3n) is 10.5. The van der Waals surface area contributed by atoms with E-state index in [0.717, 1.165) is 24.3 Å². The molecule has 2 aromatic rings. The lowest BCUT2D eigenvalue weighted by Gasteiger charge is -2.39. The van der Waals surface area contributed by atoms with Gasteiger partial charge in [0.05, 0.1) is 30.1 Å². The third kappa shape index (κ3) is 5.89. The molecule has 1 spiro atoms. The Kier molecular flexibility index (Phi) is 10.3. The second kappa shape index (κ2) is 14.0. The van der Waals surface area contributed by atoms with Gasteiger partial charge in [0.2, 0.25) is 11.8 Å². The summed E-state index contributed by atoms with van der Waals surface area (Å²) in [6, 6.07) is 16.0. The predicted octanol–water partition coefficient (Wildman–Crippen LogP) is 4.80. The van der Waals surface area contributed by atoms with Crippen molar-refractivity contribution in [2.75, 3.05) is 42.6 Å². The molecule has 3 amide bonds. The molecule has 5 rings (SSSR count). The molecule has 1 N–H and O–H groups in total. The summed E-state index contributed by atoms with van der Waals surface area (Å²) in [6.07, 6.45) is 4.81. The standard InChI is InChI=1S/C38H50N4O5/c1-7-23-40(25-27-15-13-12-14-16-27)34(44)31-32-35(45)42(28(9-3)26-43)33(38(32)22-21-37(31,6)47-38)36(46)41(24-8-2)30-19-17-29(18-20-30)39(10-4)11-5/h7-8,12-20,28,31-33,43H,1-2,9-11,21-26H2,3-6H3/t28-,31-,32-,33?,37+,38?/m0/s1. The Morgan fingerprint density at radius 1 is 0.979 bits per heavy atom. The summed E-state index contributed by atoms with van der Waals surface area (Å²) in [5.41, 5.74) is 0.574. The number of hydrogen-bond donors (Lipinski definition) is 1. The van der Waals surface area contributed by atoms with Crippen LogP contribution in [0.25, 0.3) is 0 Å². The second-order valence-corrected chi connectivity index (χ2v) is 13.1. The van der Waals surface area contributed by atoms with E-state index in [1.807, 2.05) is 68.4 Å². The molecule has 0 aliphatic carbocycles. The van der Waals surface area contributed by atoms with Crippen molar-refractivity contribution in [2.24, 2.45) is 11.8 Å². The van der Waals surface area contributed by atoms with Gasteiger partial charge >= 0.3 is 0 Å². The first-order valence-corrected chi connectivity index (χ1v) is 17.0. The molecule has 3 aliphatic rings. The molecule has 2 unspecified atom stereocenters. The highest BCUT2D eigenvalue weighted by molar-refractivity contribution is 6.05. The smallest absolute Gasteiger partial charge is 0.253 e. The van der Waals surface area contributed by atoms with Gasteiger partial charge in [-0.15, -0.1) is 13.2 Å². The van der Waals surface area contributed by atoms with Crippen LogP contribution in [0.4, 0.5) is 11.4 Å². The van der Waals surface area contributed by atoms with Crippen LogP contribution in [0.3, 0.4) is 0 Å². The molecule has 0 saturated carbocycles. The number of fused-ring (bicyclic) bond motifs is 1. The fourth-order valence-corrected chi connectivity index (χ4v) is 8.25. The number of likely N-dealkylation sites (tertiary alicyclic amines) is 1. The van der Waals surface area contributed by atoms with E-state index < -0.39 is 35.1 Å². The number of nitrogens with zero attached hydrogens (tertiary/aromatic N) is 4. The highest BCUT2D eigenvalue weighted by Gasteiger charge is 2.78. The maximum absolute atomic E-state index is 14.9. The molecule has 2 bridgehead atoms. The third-order valence-corrected chi connectivity index (χ3v) is 10.5. The van der Waals surface area contributed by atoms with E-state index in [2.05, 4.69) is 31.9 Å². The average molecular weight is 643 g/mol. The Labute approximate surface area is 279 Å². The zero-order chi connectivity index (χ0) is 33.9. The number of amides is 3. The topological polar surface area (TPSA) is 93.6 Å². The molecule has 0 aromatic heterocycles. The zero-order valence-electron chi connectivity index (χ0n) is 28.3. The number of anilines is 2. The van der Waals surface area contributed by atoms with Crippen LogP contribution >= 0.6 is 0 Å². The van der Waals surface area contributed by atoms with E-state index in [-0.39, 0.29) is 30.9 Å². The quantitative estimate of drug-likeness (QED) is 0.281. The molecule has 6 atom stereocenters. The lowest BCUT2D eigenvalue weighted by molar-refractivity contribution is -0.152. The van der Waals surface area contributed by atoms with Crippen molar-refractivity contribution in [3.8, 4) is 0 Å². The Morgan fingerprint density at radius 2 is 1.62 bits per heavy atom. The van der Waals surface area contributed by atoms with Crippen molar-refractivity contribution in [3.63, 3.8) is 0 Å². The van der Waals surface area contributed by atoms with E-state index in [0.29, 0.717) is 38.0 Å². The van der Waals surface area contributed by atoms with Crippen LogP contribution in [0.1, 0.15) is 52.5 Å². The Bertz CT molecular complexity index is 1460. The lowest BCUT2D eigenvalue weighted by Crippen LogP contribution is -2.59. The average Bonchev–Trinajstić information content (AvgIpc) is 3.65. The molecule has 9 heteroatoms. The highest BCUT2D eigenvalue weighted by atomic mass is 16.5. The van der Waals surface area contributed by atoms with Crippen LogP contribution in [0.15, 0.2) is 79.9 Å². The summed E-state index contributed by atoms with van der Waals surface area (Å²) in [4.78, 5) is 51.4. The van der Waals surface area contributed by atoms with Crippen LogP contribution in [0, 0.1) is 11.8 Å². The molecular weight excluding hydrogens is 592 g/mol. The summed E-state index contributed by atoms with van der Waals surface area (Å²) in [5, 5.41) is 10.5. The summed E-state index contributed by atoms with van der Waals surface area (Å²) >= 11 is 0. The van der Waals surface area contributed by atoms with Gasteiger partial charge in [-0.2, -0.15) is 0 Å². The molecule has 9 nitrogen and oxygen atoms in total. The highest BCUT2D eigenvalue weighted by Crippen LogP contribution is 2.64. The number of aliphatic hydroxyl groups is 1. The number of carbonyl (C=O) groups excluding carboxylic acids is 3. The van der Waals surface area contributed by atoms with Crippen LogP contribution < -0.4 is 9.80 Å². The van der Waals surface area contributed by atoms with Gasteiger partial charge in [-0.05, 0) is 69.9 Å². The molecule has 0 radical (unpaired) electrons. The van der Waals surface area contributed by atoms with Crippen LogP contribution in [-0.2, 0) is 25.7 Å². The normalized spacial score (nSPS) is 26.5. The molecular formula is C38H50N4O5. The molecule has 252 valence electrons. The Morgan fingerprint density at radius 3 is 2.19 bits per heavy atom. The van der Waals surface area contributed by atoms with E-state index in [1.165, 1.54) is 0 Å². The van der Waals surface area contributed by atoms with Crippen molar-refractivity contribution in [1.82, 2.24) is 9.80 Å². The maximum atomic E-state index is 14.9. The maximum Gasteiger partial charge on any atom is 0.253 e. The van der Waals surface area contributed by atoms with Crippen LogP contribution in [0.2, 0.25) is 0 Å². The lowest BCUT2D eigenvalue weighted by atomic mass is 9.66. The first-order valence-electron chi connectivity index (χ1n) is 17.0. The predicted molar refractivity (Wildman–Crippen MR) is 185 cm³/mol. The summed E-state index contributed by atoms with van der Waals surface area (Å²) in [5.74, 6) is -2.43. The van der Waals surface area contributed by atoms with Gasteiger partial charge in [0, 0.05) is 44.1 Å². The van der Waals surface area contributed by atoms with Gasteiger partial charge in [-0.1, -0.05) is 49.4 Å². The van der Waals surface area contributed by atoms with E-state index in [1.54, 1.807) is 26.9 Å². The fraction of sp³-hybridized carbons (Fsp3) is 0.500. The minimum Gasteiger partial charge on any atom is -0.394 e. The number of ether oxygens (including phenoxy) is 1. The molecule has 3 saturated heterocycles. The van der Waals surface area contributed by atoms with Crippen LogP contribution in [-0.4, -0.2) is 88.7 Å². The first-order chi connectivity index (χ1) is 22.6. The van der Waals surface area contributed by atoms with Gasteiger partial charge in [-0.3, -0.25) is 14.4 Å². The number of aliphatic hydroxyl groups excluding tert-OH is 1. The molecule has 2 aromatic carbocycles. The number of hydrogen-bond acceptors (Lipinski definition) is 6. The van der Waals surface area contributed by atoms with Gasteiger partial charge in [-0.25, -0.2) is 0 Å². The molecule has 47 heavy (non-hydrogen) atoms. The minimum atomic E-state index is -1.21. The minimum absolute atomic E-state index is 0.184. The van der Waals surface area contributed by atoms with Crippen molar-refractivity contribution in [3.05, 3.63) is 85.5 Å². The van der Waals surface area contributed by atoms with Crippen molar-refractivity contribution in [1.29, 1.82) is 0 Å². The van der Waals surface area contributed by atoms with Crippen LogP contribution in [0.5, 0.6) is 0 Å². The Balaban J connectivity index is 1.56. The first kappa shape index (κ1) is 34.4. The number of rotatable bonds is 15. The summed E-state index contributed by atoms with van der Waals surface area (Å²) in [7, 11) is 0. The van der Waals surface area contributed by atoms with Crippen molar-refractivity contribution >= 4 is 29.1 Å². The molecule has 3 fully saturated rings. The summed E-state index contributed by atoms with van der Waals surface area (Å²) < 4.78 is 6.90. The van der Waals surface area contributed by atoms with Crippen molar-refractivity contribution in [2.45, 2.75) is 76.8 Å². The molecule has 3 heterocycles. The summed E-state index contributed by atoms with van der Waals surface area (Å²) in [6.45, 7) is 18.1. The molecule has 3 aliphatic heterocycles. The second-order valence-electron chi connectivity index (χ2n) is 13.1.